The average molecular weight is 192 g/mol. The summed E-state index contributed by atoms with van der Waals surface area (Å²) in [6.07, 6.45) is 7.14. The van der Waals surface area contributed by atoms with Gasteiger partial charge < -0.3 is 10.1 Å². The SMILES string of the molecule is CNC1(CCOc2cccnc2)CC1. The molecule has 0 aliphatic heterocycles. The lowest BCUT2D eigenvalue weighted by Crippen LogP contribution is -2.29. The van der Waals surface area contributed by atoms with Crippen molar-refractivity contribution in [2.45, 2.75) is 24.8 Å². The third-order valence-corrected chi connectivity index (χ3v) is 2.87. The summed E-state index contributed by atoms with van der Waals surface area (Å²) >= 11 is 0. The zero-order valence-electron chi connectivity index (χ0n) is 8.49. The van der Waals surface area contributed by atoms with Crippen LogP contribution in [0.15, 0.2) is 24.5 Å². The summed E-state index contributed by atoms with van der Waals surface area (Å²) in [5.74, 6) is 0.861. The highest BCUT2D eigenvalue weighted by atomic mass is 16.5. The first-order chi connectivity index (χ1) is 6.85. The van der Waals surface area contributed by atoms with E-state index in [2.05, 4.69) is 10.3 Å². The Bertz CT molecular complexity index is 283. The van der Waals surface area contributed by atoms with Crippen molar-refractivity contribution in [3.8, 4) is 5.75 Å². The van der Waals surface area contributed by atoms with Gasteiger partial charge in [0.15, 0.2) is 0 Å². The quantitative estimate of drug-likeness (QED) is 0.769. The van der Waals surface area contributed by atoms with Crippen molar-refractivity contribution in [1.82, 2.24) is 10.3 Å². The van der Waals surface area contributed by atoms with Gasteiger partial charge in [-0.2, -0.15) is 0 Å². The van der Waals surface area contributed by atoms with Crippen molar-refractivity contribution in [2.24, 2.45) is 0 Å². The molecule has 1 heterocycles. The van der Waals surface area contributed by atoms with Gasteiger partial charge in [0.2, 0.25) is 0 Å². The maximum Gasteiger partial charge on any atom is 0.137 e. The van der Waals surface area contributed by atoms with Crippen LogP contribution in [0.3, 0.4) is 0 Å². The van der Waals surface area contributed by atoms with Crippen LogP contribution in [0.25, 0.3) is 0 Å². The Morgan fingerprint density at radius 2 is 2.43 bits per heavy atom. The molecule has 1 aromatic rings. The normalized spacial score (nSPS) is 17.8. The topological polar surface area (TPSA) is 34.1 Å². The standard InChI is InChI=1S/C11H16N2O/c1-12-11(4-5-11)6-8-14-10-3-2-7-13-9-10/h2-3,7,9,12H,4-6,8H2,1H3. The molecule has 0 aromatic carbocycles. The predicted molar refractivity (Wildman–Crippen MR) is 55.4 cm³/mol. The highest BCUT2D eigenvalue weighted by molar-refractivity contribution is 5.15. The van der Waals surface area contributed by atoms with Gasteiger partial charge in [-0.05, 0) is 38.4 Å². The molecule has 76 valence electrons. The van der Waals surface area contributed by atoms with E-state index < -0.39 is 0 Å². The number of hydrogen-bond donors (Lipinski definition) is 1. The minimum Gasteiger partial charge on any atom is -0.492 e. The van der Waals surface area contributed by atoms with Crippen molar-refractivity contribution in [1.29, 1.82) is 0 Å². The fourth-order valence-electron chi connectivity index (χ4n) is 1.57. The second-order valence-corrected chi connectivity index (χ2v) is 3.82. The summed E-state index contributed by atoms with van der Waals surface area (Å²) in [4.78, 5) is 3.99. The smallest absolute Gasteiger partial charge is 0.137 e. The molecule has 1 saturated carbocycles. The fourth-order valence-corrected chi connectivity index (χ4v) is 1.57. The van der Waals surface area contributed by atoms with Gasteiger partial charge in [0.25, 0.3) is 0 Å². The molecule has 0 unspecified atom stereocenters. The van der Waals surface area contributed by atoms with Crippen LogP contribution in [0.4, 0.5) is 0 Å². The number of aromatic nitrogens is 1. The Morgan fingerprint density at radius 1 is 1.57 bits per heavy atom. The summed E-state index contributed by atoms with van der Waals surface area (Å²) in [7, 11) is 2.02. The van der Waals surface area contributed by atoms with E-state index in [1.54, 1.807) is 12.4 Å². The first-order valence-electron chi connectivity index (χ1n) is 5.06. The lowest BCUT2D eigenvalue weighted by atomic mass is 10.2. The molecular weight excluding hydrogens is 176 g/mol. The summed E-state index contributed by atoms with van der Waals surface area (Å²) in [5, 5.41) is 3.34. The molecule has 0 radical (unpaired) electrons. The van der Waals surface area contributed by atoms with E-state index in [9.17, 15) is 0 Å². The Morgan fingerprint density at radius 3 is 3.00 bits per heavy atom. The number of ether oxygens (including phenoxy) is 1. The maximum absolute atomic E-state index is 5.58. The number of nitrogens with zero attached hydrogens (tertiary/aromatic N) is 1. The maximum atomic E-state index is 5.58. The molecule has 2 rings (SSSR count). The first kappa shape index (κ1) is 9.46. The minimum atomic E-state index is 0.377. The van der Waals surface area contributed by atoms with Gasteiger partial charge in [0.05, 0.1) is 12.8 Å². The summed E-state index contributed by atoms with van der Waals surface area (Å²) in [6, 6.07) is 3.83. The van der Waals surface area contributed by atoms with E-state index in [1.807, 2.05) is 19.2 Å². The zero-order chi connectivity index (χ0) is 9.86. The van der Waals surface area contributed by atoms with Gasteiger partial charge in [-0.25, -0.2) is 0 Å². The van der Waals surface area contributed by atoms with Crippen LogP contribution in [0.5, 0.6) is 5.75 Å². The average Bonchev–Trinajstić information content (AvgIpc) is 3.00. The van der Waals surface area contributed by atoms with Crippen LogP contribution < -0.4 is 10.1 Å². The van der Waals surface area contributed by atoms with E-state index in [4.69, 9.17) is 4.74 Å². The number of nitrogens with one attached hydrogen (secondary N) is 1. The molecule has 0 saturated heterocycles. The second-order valence-electron chi connectivity index (χ2n) is 3.82. The molecule has 1 N–H and O–H groups in total. The second kappa shape index (κ2) is 3.96. The van der Waals surface area contributed by atoms with E-state index >= 15 is 0 Å². The van der Waals surface area contributed by atoms with Crippen molar-refractivity contribution in [3.05, 3.63) is 24.5 Å². The van der Waals surface area contributed by atoms with Crippen LogP contribution in [0, 0.1) is 0 Å². The van der Waals surface area contributed by atoms with E-state index in [0.717, 1.165) is 18.8 Å². The van der Waals surface area contributed by atoms with Crippen LogP contribution in [0.2, 0.25) is 0 Å². The number of rotatable bonds is 5. The van der Waals surface area contributed by atoms with Crippen molar-refractivity contribution < 1.29 is 4.74 Å². The van der Waals surface area contributed by atoms with Crippen LogP contribution in [0.1, 0.15) is 19.3 Å². The van der Waals surface area contributed by atoms with E-state index in [1.165, 1.54) is 12.8 Å². The molecule has 1 aromatic heterocycles. The molecular formula is C11H16N2O. The molecule has 0 atom stereocenters. The molecule has 1 aliphatic rings. The van der Waals surface area contributed by atoms with Gasteiger partial charge in [0.1, 0.15) is 5.75 Å². The van der Waals surface area contributed by atoms with Crippen LogP contribution in [-0.4, -0.2) is 24.2 Å². The number of pyridine rings is 1. The van der Waals surface area contributed by atoms with E-state index in [-0.39, 0.29) is 0 Å². The van der Waals surface area contributed by atoms with Crippen LogP contribution in [-0.2, 0) is 0 Å². The molecule has 3 heteroatoms. The Labute approximate surface area is 84.5 Å². The Balaban J connectivity index is 1.73. The largest absolute Gasteiger partial charge is 0.492 e. The fraction of sp³-hybridized carbons (Fsp3) is 0.545. The Kier molecular flexibility index (Phi) is 2.68. The van der Waals surface area contributed by atoms with Gasteiger partial charge >= 0.3 is 0 Å². The van der Waals surface area contributed by atoms with Crippen LogP contribution >= 0.6 is 0 Å². The summed E-state index contributed by atoms with van der Waals surface area (Å²) in [6.45, 7) is 0.770. The molecule has 1 fully saturated rings. The van der Waals surface area contributed by atoms with Crippen molar-refractivity contribution in [3.63, 3.8) is 0 Å². The third-order valence-electron chi connectivity index (χ3n) is 2.87. The van der Waals surface area contributed by atoms with Gasteiger partial charge in [-0.3, -0.25) is 4.98 Å². The van der Waals surface area contributed by atoms with Gasteiger partial charge in [-0.15, -0.1) is 0 Å². The molecule has 3 nitrogen and oxygen atoms in total. The van der Waals surface area contributed by atoms with Gasteiger partial charge in [-0.1, -0.05) is 0 Å². The summed E-state index contributed by atoms with van der Waals surface area (Å²) in [5.41, 5.74) is 0.377. The zero-order valence-corrected chi connectivity index (χ0v) is 8.49. The molecule has 1 aliphatic carbocycles. The molecule has 0 amide bonds. The molecule has 14 heavy (non-hydrogen) atoms. The lowest BCUT2D eigenvalue weighted by molar-refractivity contribution is 0.282. The van der Waals surface area contributed by atoms with Crippen molar-refractivity contribution in [2.75, 3.05) is 13.7 Å². The van der Waals surface area contributed by atoms with Gasteiger partial charge in [0, 0.05) is 11.7 Å². The lowest BCUT2D eigenvalue weighted by Gasteiger charge is -2.13. The minimum absolute atomic E-state index is 0.377. The third kappa shape index (κ3) is 2.23. The predicted octanol–water partition coefficient (Wildman–Crippen LogP) is 1.60. The number of hydrogen-bond acceptors (Lipinski definition) is 3. The Hall–Kier alpha value is -1.09. The first-order valence-corrected chi connectivity index (χ1v) is 5.06. The molecule has 0 spiro atoms. The highest BCUT2D eigenvalue weighted by Crippen LogP contribution is 2.37. The highest BCUT2D eigenvalue weighted by Gasteiger charge is 2.40. The van der Waals surface area contributed by atoms with Crippen molar-refractivity contribution >= 4 is 0 Å². The molecule has 0 bridgehead atoms. The summed E-state index contributed by atoms with van der Waals surface area (Å²) < 4.78 is 5.58. The van der Waals surface area contributed by atoms with E-state index in [0.29, 0.717) is 5.54 Å². The monoisotopic (exact) mass is 192 g/mol.